The summed E-state index contributed by atoms with van der Waals surface area (Å²) in [6, 6.07) is 7.83. The van der Waals surface area contributed by atoms with Gasteiger partial charge in [0.2, 0.25) is 5.91 Å². The molecule has 0 radical (unpaired) electrons. The summed E-state index contributed by atoms with van der Waals surface area (Å²) in [6.45, 7) is 6.70. The molecule has 2 aliphatic heterocycles. The first-order valence-corrected chi connectivity index (χ1v) is 17.7. The van der Waals surface area contributed by atoms with E-state index in [1.165, 1.54) is 53.3 Å². The maximum atomic E-state index is 15.8. The summed E-state index contributed by atoms with van der Waals surface area (Å²) in [5, 5.41) is 10.6. The molecule has 284 valence electrons. The van der Waals surface area contributed by atoms with Gasteiger partial charge in [-0.25, -0.2) is 22.5 Å². The molecule has 0 spiro atoms. The molecule has 2 aliphatic rings. The van der Waals surface area contributed by atoms with Crippen molar-refractivity contribution in [1.82, 2.24) is 24.3 Å². The number of carbonyl (C=O) groups excluding carboxylic acids is 4. The molecule has 14 heteroatoms. The van der Waals surface area contributed by atoms with Gasteiger partial charge in [-0.3, -0.25) is 24.1 Å². The molecule has 5 rings (SSSR count). The van der Waals surface area contributed by atoms with E-state index in [0.717, 1.165) is 23.1 Å². The highest BCUT2D eigenvalue weighted by molar-refractivity contribution is 6.12. The third-order valence-corrected chi connectivity index (χ3v) is 9.59. The van der Waals surface area contributed by atoms with Crippen LogP contribution in [0.4, 0.5) is 17.6 Å². The Hall–Kier alpha value is -4.85. The topological polar surface area (TPSA) is 116 Å². The summed E-state index contributed by atoms with van der Waals surface area (Å²) >= 11 is 0. The first-order chi connectivity index (χ1) is 25.0. The maximum absolute atomic E-state index is 15.8. The number of rotatable bonds is 14. The number of halogens is 4. The van der Waals surface area contributed by atoms with E-state index >= 15 is 8.78 Å². The van der Waals surface area contributed by atoms with E-state index in [-0.39, 0.29) is 73.9 Å². The Morgan fingerprint density at radius 2 is 1.68 bits per heavy atom. The SMILES string of the molecule is C[C@H](O)C(=O)N(C[C@@H]1CN(C(=O)CCCCCN2C(=O)C=CC2=O)C[C@@H]1F)[C@@H](c1nc(-c2cc(F)ccc2F)cn1Cc1cccc(F)c1)C(C)(C)C. The van der Waals surface area contributed by atoms with Crippen LogP contribution in [0.2, 0.25) is 0 Å². The Morgan fingerprint density at radius 1 is 0.981 bits per heavy atom. The second-order valence-electron chi connectivity index (χ2n) is 14.8. The normalized spacial score (nSPS) is 18.6. The number of aromatic nitrogens is 2. The minimum Gasteiger partial charge on any atom is -0.384 e. The van der Waals surface area contributed by atoms with Gasteiger partial charge in [-0.1, -0.05) is 39.3 Å². The minimum atomic E-state index is -1.49. The third-order valence-electron chi connectivity index (χ3n) is 9.59. The number of aliphatic hydroxyl groups is 1. The van der Waals surface area contributed by atoms with Gasteiger partial charge in [-0.2, -0.15) is 0 Å². The van der Waals surface area contributed by atoms with Crippen molar-refractivity contribution in [2.24, 2.45) is 11.3 Å². The number of imide groups is 1. The van der Waals surface area contributed by atoms with Crippen LogP contribution in [-0.4, -0.2) is 91.4 Å². The molecule has 1 N–H and O–H groups in total. The van der Waals surface area contributed by atoms with Gasteiger partial charge < -0.3 is 19.5 Å². The molecule has 1 aromatic heterocycles. The van der Waals surface area contributed by atoms with Crippen molar-refractivity contribution in [1.29, 1.82) is 0 Å². The number of benzene rings is 2. The van der Waals surface area contributed by atoms with Gasteiger partial charge in [0.1, 0.15) is 35.6 Å². The fourth-order valence-electron chi connectivity index (χ4n) is 6.98. The molecule has 0 saturated carbocycles. The summed E-state index contributed by atoms with van der Waals surface area (Å²) < 4.78 is 61.1. The lowest BCUT2D eigenvalue weighted by Crippen LogP contribution is -2.49. The molecule has 1 fully saturated rings. The fourth-order valence-corrected chi connectivity index (χ4v) is 6.98. The van der Waals surface area contributed by atoms with Gasteiger partial charge in [0, 0.05) is 62.4 Å². The third kappa shape index (κ3) is 9.39. The first kappa shape index (κ1) is 39.4. The predicted octanol–water partition coefficient (Wildman–Crippen LogP) is 5.59. The lowest BCUT2D eigenvalue weighted by Gasteiger charge is -2.41. The number of likely N-dealkylation sites (tertiary alicyclic amines) is 1. The zero-order valence-electron chi connectivity index (χ0n) is 30.3. The molecule has 0 bridgehead atoms. The van der Waals surface area contributed by atoms with E-state index in [4.69, 9.17) is 4.98 Å². The van der Waals surface area contributed by atoms with Crippen LogP contribution in [0.3, 0.4) is 0 Å². The Morgan fingerprint density at radius 3 is 2.34 bits per heavy atom. The van der Waals surface area contributed by atoms with E-state index in [0.29, 0.717) is 24.8 Å². The average molecular weight is 740 g/mol. The number of carbonyl (C=O) groups is 4. The molecular formula is C39H45F4N5O5. The number of imidazole rings is 1. The summed E-state index contributed by atoms with van der Waals surface area (Å²) in [6.07, 6.45) is 2.65. The standard InChI is InChI=1S/C39H45F4N5O5/c1-24(49)38(53)48(21-26-20-45(22-31(26)43)33(50)11-6-5-7-16-47-34(51)14-15-35(47)52)36(39(2,3)4)37-44-32(29-18-28(41)12-13-30(29)42)23-46(37)19-25-9-8-10-27(40)17-25/h8-10,12-15,17-18,23-24,26,31,36,49H,5-7,11,16,19-22H2,1-4H3/t24-,26-,31-,36-/m0/s1. The van der Waals surface area contributed by atoms with Crippen LogP contribution in [-0.2, 0) is 25.7 Å². The summed E-state index contributed by atoms with van der Waals surface area (Å²) in [5.74, 6) is -4.22. The Labute approximate surface area is 306 Å². The van der Waals surface area contributed by atoms with Crippen LogP contribution in [0.5, 0.6) is 0 Å². The number of unbranched alkanes of at least 4 members (excludes halogenated alkanes) is 2. The van der Waals surface area contributed by atoms with Crippen molar-refractivity contribution in [3.63, 3.8) is 0 Å². The number of hydrogen-bond donors (Lipinski definition) is 1. The summed E-state index contributed by atoms with van der Waals surface area (Å²) in [7, 11) is 0. The monoisotopic (exact) mass is 739 g/mol. The smallest absolute Gasteiger partial charge is 0.253 e. The molecule has 1 saturated heterocycles. The van der Waals surface area contributed by atoms with Crippen LogP contribution in [0, 0.1) is 28.8 Å². The van der Waals surface area contributed by atoms with Crippen molar-refractivity contribution in [2.75, 3.05) is 26.2 Å². The lowest BCUT2D eigenvalue weighted by molar-refractivity contribution is -0.146. The second-order valence-corrected chi connectivity index (χ2v) is 14.8. The van der Waals surface area contributed by atoms with E-state index in [1.807, 2.05) is 20.8 Å². The lowest BCUT2D eigenvalue weighted by atomic mass is 9.84. The molecule has 53 heavy (non-hydrogen) atoms. The molecule has 2 aromatic carbocycles. The number of alkyl halides is 1. The molecule has 10 nitrogen and oxygen atoms in total. The van der Waals surface area contributed by atoms with Crippen LogP contribution < -0.4 is 0 Å². The van der Waals surface area contributed by atoms with Gasteiger partial charge in [0.25, 0.3) is 17.7 Å². The van der Waals surface area contributed by atoms with Crippen molar-refractivity contribution in [3.8, 4) is 11.3 Å². The molecular weight excluding hydrogens is 694 g/mol. The summed E-state index contributed by atoms with van der Waals surface area (Å²) in [4.78, 5) is 59.2. The molecule has 0 unspecified atom stereocenters. The zero-order chi connectivity index (χ0) is 38.6. The minimum absolute atomic E-state index is 0.0143. The predicted molar refractivity (Wildman–Crippen MR) is 188 cm³/mol. The van der Waals surface area contributed by atoms with Crippen molar-refractivity contribution < 1.29 is 41.8 Å². The quantitative estimate of drug-likeness (QED) is 0.131. The highest BCUT2D eigenvalue weighted by atomic mass is 19.1. The number of nitrogens with zero attached hydrogens (tertiary/aromatic N) is 5. The Balaban J connectivity index is 1.39. The molecule has 0 aliphatic carbocycles. The van der Waals surface area contributed by atoms with Gasteiger partial charge in [-0.05, 0) is 61.1 Å². The van der Waals surface area contributed by atoms with E-state index in [9.17, 15) is 33.1 Å². The number of hydrogen-bond acceptors (Lipinski definition) is 6. The van der Waals surface area contributed by atoms with Crippen LogP contribution in [0.25, 0.3) is 11.3 Å². The number of amides is 4. The van der Waals surface area contributed by atoms with E-state index in [1.54, 1.807) is 10.6 Å². The first-order valence-electron chi connectivity index (χ1n) is 17.7. The second kappa shape index (κ2) is 16.4. The highest BCUT2D eigenvalue weighted by Crippen LogP contribution is 2.41. The zero-order valence-corrected chi connectivity index (χ0v) is 30.3. The fraction of sp³-hybridized carbons (Fsp3) is 0.462. The van der Waals surface area contributed by atoms with E-state index < -0.39 is 53.0 Å². The van der Waals surface area contributed by atoms with Crippen molar-refractivity contribution >= 4 is 23.6 Å². The average Bonchev–Trinajstić information content (AvgIpc) is 3.76. The maximum Gasteiger partial charge on any atom is 0.253 e. The van der Waals surface area contributed by atoms with Gasteiger partial charge in [0.05, 0.1) is 18.3 Å². The Kier molecular flexibility index (Phi) is 12.2. The Bertz CT molecular complexity index is 1850. The van der Waals surface area contributed by atoms with Gasteiger partial charge in [-0.15, -0.1) is 0 Å². The largest absolute Gasteiger partial charge is 0.384 e. The van der Waals surface area contributed by atoms with Gasteiger partial charge in [0.15, 0.2) is 0 Å². The van der Waals surface area contributed by atoms with E-state index in [2.05, 4.69) is 0 Å². The van der Waals surface area contributed by atoms with Crippen molar-refractivity contribution in [3.05, 3.63) is 89.7 Å². The molecule has 3 heterocycles. The van der Waals surface area contributed by atoms with Gasteiger partial charge >= 0.3 is 0 Å². The molecule has 4 atom stereocenters. The highest BCUT2D eigenvalue weighted by Gasteiger charge is 2.44. The molecule has 3 aromatic rings. The van der Waals surface area contributed by atoms with Crippen LogP contribution in [0.15, 0.2) is 60.8 Å². The number of aliphatic hydroxyl groups excluding tert-OH is 1. The van der Waals surface area contributed by atoms with Crippen LogP contribution in [0.1, 0.15) is 70.8 Å². The van der Waals surface area contributed by atoms with Crippen LogP contribution >= 0.6 is 0 Å². The molecule has 4 amide bonds. The van der Waals surface area contributed by atoms with Crippen molar-refractivity contribution in [2.45, 2.75) is 78.2 Å². The summed E-state index contributed by atoms with van der Waals surface area (Å²) in [5.41, 5.74) is -0.370.